The molecule has 0 spiro atoms. The number of rotatable bonds is 7. The van der Waals surface area contributed by atoms with E-state index < -0.39 is 21.5 Å². The Morgan fingerprint density at radius 2 is 1.56 bits per heavy atom. The molecule has 1 unspecified atom stereocenters. The van der Waals surface area contributed by atoms with Gasteiger partial charge in [-0.1, -0.05) is 41.4 Å². The molecule has 222 valence electrons. The van der Waals surface area contributed by atoms with Gasteiger partial charge < -0.3 is 14.4 Å². The van der Waals surface area contributed by atoms with Gasteiger partial charge in [0.2, 0.25) is 0 Å². The van der Waals surface area contributed by atoms with Gasteiger partial charge in [-0.3, -0.25) is 14.7 Å². The van der Waals surface area contributed by atoms with Crippen LogP contribution in [0.25, 0.3) is 0 Å². The number of carbonyl (C=O) groups excluding carboxylic acids is 1. The predicted octanol–water partition coefficient (Wildman–Crippen LogP) is 5.21. The molecule has 4 aromatic rings. The third kappa shape index (κ3) is 4.69. The number of amides is 1. The summed E-state index contributed by atoms with van der Waals surface area (Å²) in [5, 5.41) is 0.694. The van der Waals surface area contributed by atoms with Gasteiger partial charge in [0.1, 0.15) is 16.4 Å². The Kier molecular flexibility index (Phi) is 7.72. The first-order chi connectivity index (χ1) is 20.7. The number of aromatic nitrogens is 1. The minimum Gasteiger partial charge on any atom is -0.497 e. The minimum atomic E-state index is -4.49. The average Bonchev–Trinajstić information content (AvgIpc) is 3.29. The van der Waals surface area contributed by atoms with E-state index in [0.29, 0.717) is 53.1 Å². The van der Waals surface area contributed by atoms with Crippen molar-refractivity contribution >= 4 is 50.5 Å². The number of piperazine rings is 1. The number of anilines is 2. The number of ether oxygens (including phenoxy) is 2. The second-order valence-electron chi connectivity index (χ2n) is 10.1. The lowest BCUT2D eigenvalue weighted by molar-refractivity contribution is -0.126. The van der Waals surface area contributed by atoms with Gasteiger partial charge in [0.05, 0.1) is 19.9 Å². The van der Waals surface area contributed by atoms with Gasteiger partial charge in [0, 0.05) is 71.5 Å². The molecular weight excluding hydrogens is 611 g/mol. The van der Waals surface area contributed by atoms with Crippen LogP contribution in [0.1, 0.15) is 11.1 Å². The molecule has 3 aromatic carbocycles. The van der Waals surface area contributed by atoms with Crippen LogP contribution in [0, 0.1) is 0 Å². The Balaban J connectivity index is 1.54. The van der Waals surface area contributed by atoms with E-state index in [0.717, 1.165) is 9.99 Å². The van der Waals surface area contributed by atoms with Crippen LogP contribution >= 0.6 is 23.2 Å². The van der Waals surface area contributed by atoms with Gasteiger partial charge in [0.25, 0.3) is 15.9 Å². The van der Waals surface area contributed by atoms with Crippen molar-refractivity contribution in [1.82, 2.24) is 9.88 Å². The molecule has 1 aromatic heterocycles. The number of hydrogen-bond donors (Lipinski definition) is 0. The fourth-order valence-electron chi connectivity index (χ4n) is 6.02. The molecule has 12 heteroatoms. The summed E-state index contributed by atoms with van der Waals surface area (Å²) in [5.74, 6) is -0.217. The Hall–Kier alpha value is -3.83. The Labute approximate surface area is 260 Å². The van der Waals surface area contributed by atoms with Crippen LogP contribution in [-0.2, 0) is 20.4 Å². The number of carbonyl (C=O) groups is 1. The SMILES string of the molecule is COc1ccc(S(=O)(=O)N2C(=O)C(c3ccccc3Cl)(N3CCN(c4ccncc4)CC3)c3cc(Cl)ccc32)c(OC)c1. The van der Waals surface area contributed by atoms with Crippen molar-refractivity contribution in [1.29, 1.82) is 0 Å². The number of sulfonamides is 1. The summed E-state index contributed by atoms with van der Waals surface area (Å²) in [6, 6.07) is 20.1. The smallest absolute Gasteiger partial charge is 0.274 e. The molecule has 2 aliphatic heterocycles. The summed E-state index contributed by atoms with van der Waals surface area (Å²) in [6.45, 7) is 2.03. The maximum atomic E-state index is 15.1. The van der Waals surface area contributed by atoms with E-state index in [-0.39, 0.29) is 16.3 Å². The van der Waals surface area contributed by atoms with Crippen LogP contribution in [-0.4, -0.2) is 64.6 Å². The van der Waals surface area contributed by atoms with Crippen LogP contribution in [0.4, 0.5) is 11.4 Å². The number of halogens is 2. The summed E-state index contributed by atoms with van der Waals surface area (Å²) >= 11 is 13.4. The van der Waals surface area contributed by atoms with Crippen LogP contribution < -0.4 is 18.7 Å². The van der Waals surface area contributed by atoms with Gasteiger partial charge in [0.15, 0.2) is 5.54 Å². The highest BCUT2D eigenvalue weighted by Crippen LogP contribution is 2.53. The highest BCUT2D eigenvalue weighted by Gasteiger charge is 2.60. The molecule has 3 heterocycles. The highest BCUT2D eigenvalue weighted by molar-refractivity contribution is 7.93. The molecule has 6 rings (SSSR count). The topological polar surface area (TPSA) is 92.3 Å². The van der Waals surface area contributed by atoms with Crippen LogP contribution in [0.3, 0.4) is 0 Å². The summed E-state index contributed by atoms with van der Waals surface area (Å²) in [5.41, 5.74) is 0.547. The molecule has 0 aliphatic carbocycles. The normalized spacial score (nSPS) is 18.9. The van der Waals surface area contributed by atoms with Gasteiger partial charge in [-0.25, -0.2) is 12.7 Å². The lowest BCUT2D eigenvalue weighted by atomic mass is 9.81. The molecule has 1 fully saturated rings. The Morgan fingerprint density at radius 1 is 0.837 bits per heavy atom. The van der Waals surface area contributed by atoms with Crippen molar-refractivity contribution in [3.63, 3.8) is 0 Å². The Morgan fingerprint density at radius 3 is 2.23 bits per heavy atom. The van der Waals surface area contributed by atoms with Gasteiger partial charge in [-0.05, 0) is 48.5 Å². The van der Waals surface area contributed by atoms with E-state index in [4.69, 9.17) is 32.7 Å². The number of benzene rings is 3. The maximum Gasteiger partial charge on any atom is 0.274 e. The molecule has 0 N–H and O–H groups in total. The number of fused-ring (bicyclic) bond motifs is 1. The molecule has 0 radical (unpaired) electrons. The van der Waals surface area contributed by atoms with Gasteiger partial charge >= 0.3 is 0 Å². The predicted molar refractivity (Wildman–Crippen MR) is 166 cm³/mol. The maximum absolute atomic E-state index is 15.1. The summed E-state index contributed by atoms with van der Waals surface area (Å²) in [7, 11) is -1.66. The van der Waals surface area contributed by atoms with Crippen molar-refractivity contribution in [2.75, 3.05) is 49.6 Å². The van der Waals surface area contributed by atoms with Crippen molar-refractivity contribution in [3.8, 4) is 11.5 Å². The molecule has 0 saturated carbocycles. The van der Waals surface area contributed by atoms with E-state index in [2.05, 4.69) is 9.88 Å². The van der Waals surface area contributed by atoms with E-state index in [9.17, 15) is 8.42 Å². The molecule has 1 atom stereocenters. The molecule has 2 aliphatic rings. The largest absolute Gasteiger partial charge is 0.497 e. The van der Waals surface area contributed by atoms with E-state index in [1.54, 1.807) is 54.9 Å². The zero-order valence-corrected chi connectivity index (χ0v) is 25.7. The van der Waals surface area contributed by atoms with Crippen LogP contribution in [0.2, 0.25) is 10.0 Å². The fraction of sp³-hybridized carbons (Fsp3) is 0.226. The van der Waals surface area contributed by atoms with E-state index in [1.807, 2.05) is 17.0 Å². The molecule has 9 nitrogen and oxygen atoms in total. The lowest BCUT2D eigenvalue weighted by Crippen LogP contribution is -2.60. The average molecular weight is 640 g/mol. The fourth-order valence-corrected chi connectivity index (χ4v) is 8.06. The monoisotopic (exact) mass is 638 g/mol. The van der Waals surface area contributed by atoms with Crippen molar-refractivity contribution < 1.29 is 22.7 Å². The summed E-state index contributed by atoms with van der Waals surface area (Å²) < 4.78 is 40.5. The van der Waals surface area contributed by atoms with Gasteiger partial charge in [-0.15, -0.1) is 0 Å². The quantitative estimate of drug-likeness (QED) is 0.273. The first-order valence-electron chi connectivity index (χ1n) is 13.5. The number of hydrogen-bond acceptors (Lipinski definition) is 8. The second-order valence-corrected chi connectivity index (χ2v) is 12.7. The van der Waals surface area contributed by atoms with Crippen molar-refractivity contribution in [2.24, 2.45) is 0 Å². The van der Waals surface area contributed by atoms with Crippen LogP contribution in [0.5, 0.6) is 11.5 Å². The molecule has 1 saturated heterocycles. The molecular formula is C31H28Cl2N4O5S. The third-order valence-electron chi connectivity index (χ3n) is 8.00. The number of nitrogens with zero attached hydrogens (tertiary/aromatic N) is 4. The molecule has 0 bridgehead atoms. The lowest BCUT2D eigenvalue weighted by Gasteiger charge is -2.46. The van der Waals surface area contributed by atoms with E-state index >= 15 is 4.79 Å². The summed E-state index contributed by atoms with van der Waals surface area (Å²) in [6.07, 6.45) is 3.48. The second kappa shape index (κ2) is 11.3. The first kappa shape index (κ1) is 29.3. The van der Waals surface area contributed by atoms with Crippen LogP contribution in [0.15, 0.2) is 90.1 Å². The van der Waals surface area contributed by atoms with E-state index in [1.165, 1.54) is 32.4 Å². The Bertz CT molecular complexity index is 1800. The number of pyridine rings is 1. The molecule has 1 amide bonds. The molecule has 43 heavy (non-hydrogen) atoms. The van der Waals surface area contributed by atoms with Gasteiger partial charge in [-0.2, -0.15) is 0 Å². The van der Waals surface area contributed by atoms with Crippen molar-refractivity contribution in [2.45, 2.75) is 10.4 Å². The summed E-state index contributed by atoms with van der Waals surface area (Å²) in [4.78, 5) is 23.2. The number of methoxy groups -OCH3 is 2. The van der Waals surface area contributed by atoms with Crippen molar-refractivity contribution in [3.05, 3.63) is 106 Å². The zero-order chi connectivity index (χ0) is 30.4. The standard InChI is InChI=1S/C31H28Cl2N4O5S/c1-41-23-8-10-29(28(20-23)42-2)43(39,40)37-27-9-7-21(32)19-25(27)31(30(37)38,24-5-3-4-6-26(24)33)36-17-15-35(16-18-36)22-11-13-34-14-12-22/h3-14,19-20H,15-18H2,1-2H3. The first-order valence-corrected chi connectivity index (χ1v) is 15.7. The highest BCUT2D eigenvalue weighted by atomic mass is 35.5. The third-order valence-corrected chi connectivity index (χ3v) is 10.3. The minimum absolute atomic E-state index is 0.0453. The zero-order valence-electron chi connectivity index (χ0n) is 23.4.